The van der Waals surface area contributed by atoms with E-state index in [1.807, 2.05) is 18.2 Å². The van der Waals surface area contributed by atoms with E-state index in [2.05, 4.69) is 155 Å². The third kappa shape index (κ3) is 75.2. The topological polar surface area (TPSA) is 237 Å². The van der Waals surface area contributed by atoms with Crippen molar-refractivity contribution in [3.63, 3.8) is 0 Å². The van der Waals surface area contributed by atoms with Crippen molar-refractivity contribution in [3.05, 3.63) is 146 Å². The first-order chi connectivity index (χ1) is 50.7. The first kappa shape index (κ1) is 98.9. The normalized spacial score (nSPS) is 14.6. The van der Waals surface area contributed by atoms with Crippen molar-refractivity contribution >= 4 is 39.5 Å². The summed E-state index contributed by atoms with van der Waals surface area (Å²) in [5, 5.41) is 10.6. The van der Waals surface area contributed by atoms with Crippen LogP contribution in [-0.2, 0) is 65.4 Å². The number of unbranched alkanes of at least 4 members (excludes halogenated alkanes) is 24. The van der Waals surface area contributed by atoms with Gasteiger partial charge in [0.15, 0.2) is 12.2 Å². The van der Waals surface area contributed by atoms with Gasteiger partial charge in [-0.3, -0.25) is 37.3 Å². The zero-order chi connectivity index (χ0) is 76.0. The maximum absolute atomic E-state index is 13.1. The zero-order valence-electron chi connectivity index (χ0n) is 64.9. The maximum Gasteiger partial charge on any atom is 0.472 e. The van der Waals surface area contributed by atoms with Crippen molar-refractivity contribution in [2.24, 2.45) is 0 Å². The molecule has 0 heterocycles. The fraction of sp³-hybridized carbons (Fsp3) is 0.671. The fourth-order valence-corrected chi connectivity index (χ4v) is 11.9. The Morgan fingerprint density at radius 2 is 0.538 bits per heavy atom. The van der Waals surface area contributed by atoms with Crippen molar-refractivity contribution in [3.8, 4) is 0 Å². The van der Waals surface area contributed by atoms with E-state index in [4.69, 9.17) is 37.0 Å². The lowest BCUT2D eigenvalue weighted by Crippen LogP contribution is -2.30. The Bertz CT molecular complexity index is 2540. The van der Waals surface area contributed by atoms with E-state index in [1.54, 1.807) is 0 Å². The monoisotopic (exact) mass is 1500 g/mol. The molecular formula is C85H142O17P2. The molecule has 5 unspecified atom stereocenters. The van der Waals surface area contributed by atoms with E-state index in [0.29, 0.717) is 32.1 Å². The van der Waals surface area contributed by atoms with Gasteiger partial charge in [0.1, 0.15) is 19.3 Å². The van der Waals surface area contributed by atoms with Gasteiger partial charge >= 0.3 is 39.5 Å². The lowest BCUT2D eigenvalue weighted by atomic mass is 10.0. The van der Waals surface area contributed by atoms with Gasteiger partial charge in [-0.2, -0.15) is 0 Å². The summed E-state index contributed by atoms with van der Waals surface area (Å²) in [7, 11) is -9.99. The number of ether oxygens (including phenoxy) is 4. The average molecular weight is 1500 g/mol. The second kappa shape index (κ2) is 76.1. The first-order valence-corrected chi connectivity index (χ1v) is 43.1. The van der Waals surface area contributed by atoms with E-state index in [0.717, 1.165) is 173 Å². The van der Waals surface area contributed by atoms with Crippen LogP contribution < -0.4 is 0 Å². The van der Waals surface area contributed by atoms with Gasteiger partial charge in [-0.05, 0) is 128 Å². The number of phosphoric ester groups is 2. The Labute approximate surface area is 630 Å². The van der Waals surface area contributed by atoms with Crippen LogP contribution in [0.25, 0.3) is 0 Å². The summed E-state index contributed by atoms with van der Waals surface area (Å²) in [6, 6.07) is 0. The van der Waals surface area contributed by atoms with Crippen molar-refractivity contribution < 1.29 is 80.2 Å². The van der Waals surface area contributed by atoms with Gasteiger partial charge in [-0.1, -0.05) is 302 Å². The minimum atomic E-state index is -5.00. The number of hydrogen-bond donors (Lipinski definition) is 3. The molecule has 3 N–H and O–H groups in total. The largest absolute Gasteiger partial charge is 0.472 e. The van der Waals surface area contributed by atoms with Gasteiger partial charge in [0.05, 0.1) is 26.4 Å². The predicted molar refractivity (Wildman–Crippen MR) is 427 cm³/mol. The number of carbonyl (C=O) groups excluding carboxylic acids is 4. The second-order valence-corrected chi connectivity index (χ2v) is 29.2. The SMILES string of the molecule is CC/C=C\C/C=C\C/C=C\C/C=C\C/C=C\C/C=C\CCC(=O)OCC(COP(=O)(O)OCC(O)COP(=O)(O)OCC(COC(=O)CCCCCCC/C=C\C/C=C\CCC)OC(=O)CCCCCCCCCCCCCCC)OC(=O)CCCCCCCC/C=C\C/C=C\C/C=C\C/C=C\CC. The van der Waals surface area contributed by atoms with Gasteiger partial charge in [0.25, 0.3) is 0 Å². The standard InChI is InChI=1S/C85H142O17P2/c1-5-9-13-17-21-25-29-33-35-37-39-41-43-47-50-54-58-62-66-70-83(88)96-76-81(102-85(90)72-68-64-60-56-52-48-44-42-40-38-36-34-30-26-22-18-14-10-6-2)78-100-104(93,94)98-74-79(86)73-97-103(91,92)99-77-80(101-84(89)71-67-63-59-55-51-46-32-28-24-20-16-12-8-4)75-95-82(87)69-65-61-57-53-49-45-31-27-23-19-15-11-7-3/h9-10,13-15,19,21-22,25-27,31,33-36,39-42,47,50,58,62,79-81,86H,5-8,11-12,16-18,20,23-24,28-30,32,37-38,43-46,48-49,51-57,59-61,63-78H2,1-4H3,(H,91,92)(H,93,94)/b13-9-,14-10-,19-15-,25-21-,26-22-,31-27-,35-33-,36-34-,41-39-,42-40-,50-47-,62-58-. The van der Waals surface area contributed by atoms with Crippen molar-refractivity contribution in [1.29, 1.82) is 0 Å². The van der Waals surface area contributed by atoms with Crippen LogP contribution in [0.4, 0.5) is 0 Å². The molecule has 0 bridgehead atoms. The Morgan fingerprint density at radius 1 is 0.279 bits per heavy atom. The van der Waals surface area contributed by atoms with Crippen molar-refractivity contribution in [2.45, 2.75) is 329 Å². The van der Waals surface area contributed by atoms with Crippen LogP contribution in [-0.4, -0.2) is 96.7 Å². The average Bonchev–Trinajstić information content (AvgIpc) is 0.906. The summed E-state index contributed by atoms with van der Waals surface area (Å²) in [5.41, 5.74) is 0. The van der Waals surface area contributed by atoms with Crippen LogP contribution in [0.3, 0.4) is 0 Å². The number of carbonyl (C=O) groups is 4. The maximum atomic E-state index is 13.1. The van der Waals surface area contributed by atoms with Gasteiger partial charge < -0.3 is 33.8 Å². The van der Waals surface area contributed by atoms with Crippen LogP contribution in [0.15, 0.2) is 146 Å². The molecule has 594 valence electrons. The van der Waals surface area contributed by atoms with E-state index < -0.39 is 97.5 Å². The summed E-state index contributed by atoms with van der Waals surface area (Å²) < 4.78 is 68.5. The molecule has 0 aliphatic rings. The molecule has 0 radical (unpaired) electrons. The van der Waals surface area contributed by atoms with Gasteiger partial charge in [0.2, 0.25) is 0 Å². The molecule has 0 aliphatic carbocycles. The molecular weight excluding hydrogens is 1350 g/mol. The van der Waals surface area contributed by atoms with Gasteiger partial charge in [0, 0.05) is 25.7 Å². The highest BCUT2D eigenvalue weighted by molar-refractivity contribution is 7.47. The lowest BCUT2D eigenvalue weighted by molar-refractivity contribution is -0.161. The molecule has 0 saturated heterocycles. The highest BCUT2D eigenvalue weighted by Gasteiger charge is 2.30. The molecule has 0 amide bonds. The number of phosphoric acid groups is 2. The summed E-state index contributed by atoms with van der Waals surface area (Å²) in [6.07, 6.45) is 87.0. The lowest BCUT2D eigenvalue weighted by Gasteiger charge is -2.21. The molecule has 17 nitrogen and oxygen atoms in total. The highest BCUT2D eigenvalue weighted by Crippen LogP contribution is 2.45. The molecule has 0 saturated carbocycles. The molecule has 0 aromatic rings. The fourth-order valence-electron chi connectivity index (χ4n) is 10.3. The van der Waals surface area contributed by atoms with E-state index >= 15 is 0 Å². The third-order valence-electron chi connectivity index (χ3n) is 16.3. The summed E-state index contributed by atoms with van der Waals surface area (Å²) in [4.78, 5) is 73.0. The molecule has 0 aliphatic heterocycles. The number of allylic oxidation sites excluding steroid dienone is 24. The smallest absolute Gasteiger partial charge is 0.462 e. The predicted octanol–water partition coefficient (Wildman–Crippen LogP) is 23.4. The number of aliphatic hydroxyl groups excluding tert-OH is 1. The zero-order valence-corrected chi connectivity index (χ0v) is 66.7. The Kier molecular flexibility index (Phi) is 72.4. The molecule has 0 aromatic heterocycles. The van der Waals surface area contributed by atoms with Crippen LogP contribution in [0, 0.1) is 0 Å². The Hall–Kier alpha value is -5.06. The van der Waals surface area contributed by atoms with E-state index in [9.17, 15) is 43.2 Å². The Balaban J connectivity index is 5.45. The molecule has 0 spiro atoms. The van der Waals surface area contributed by atoms with Crippen LogP contribution >= 0.6 is 15.6 Å². The van der Waals surface area contributed by atoms with Gasteiger partial charge in [-0.15, -0.1) is 0 Å². The van der Waals surface area contributed by atoms with Crippen LogP contribution in [0.1, 0.15) is 310 Å². The third-order valence-corrected chi connectivity index (χ3v) is 18.2. The first-order valence-electron chi connectivity index (χ1n) is 40.1. The van der Waals surface area contributed by atoms with Crippen LogP contribution in [0.2, 0.25) is 0 Å². The molecule has 0 rings (SSSR count). The van der Waals surface area contributed by atoms with Crippen molar-refractivity contribution in [2.75, 3.05) is 39.6 Å². The number of esters is 4. The summed E-state index contributed by atoms with van der Waals surface area (Å²) >= 11 is 0. The summed E-state index contributed by atoms with van der Waals surface area (Å²) in [6.45, 7) is 4.48. The second-order valence-electron chi connectivity index (χ2n) is 26.2. The summed E-state index contributed by atoms with van der Waals surface area (Å²) in [5.74, 6) is -2.30. The molecule has 5 atom stereocenters. The number of hydrogen-bond acceptors (Lipinski definition) is 15. The number of rotatable bonds is 74. The molecule has 19 heteroatoms. The molecule has 0 fully saturated rings. The van der Waals surface area contributed by atoms with E-state index in [1.165, 1.54) is 51.4 Å². The minimum Gasteiger partial charge on any atom is -0.462 e. The van der Waals surface area contributed by atoms with E-state index in [-0.39, 0.29) is 25.7 Å². The van der Waals surface area contributed by atoms with Crippen LogP contribution in [0.5, 0.6) is 0 Å². The van der Waals surface area contributed by atoms with Gasteiger partial charge in [-0.25, -0.2) is 9.13 Å². The highest BCUT2D eigenvalue weighted by atomic mass is 31.2. The van der Waals surface area contributed by atoms with Crippen molar-refractivity contribution in [1.82, 2.24) is 0 Å². The Morgan fingerprint density at radius 3 is 0.865 bits per heavy atom. The quantitative estimate of drug-likeness (QED) is 0.0169. The molecule has 104 heavy (non-hydrogen) atoms. The molecule has 0 aromatic carbocycles. The minimum absolute atomic E-state index is 0.0286. The number of aliphatic hydroxyl groups is 1.